The van der Waals surface area contributed by atoms with Crippen molar-refractivity contribution in [3.8, 4) is 5.69 Å². The third-order valence-electron chi connectivity index (χ3n) is 2.39. The van der Waals surface area contributed by atoms with Crippen LogP contribution >= 0.6 is 11.6 Å². The van der Waals surface area contributed by atoms with Gasteiger partial charge in [0.2, 0.25) is 0 Å². The molecule has 0 spiro atoms. The molecule has 0 atom stereocenters. The molecule has 2 aromatic rings. The summed E-state index contributed by atoms with van der Waals surface area (Å²) < 4.78 is 1.61. The Labute approximate surface area is 109 Å². The Morgan fingerprint density at radius 1 is 1.50 bits per heavy atom. The van der Waals surface area contributed by atoms with E-state index < -0.39 is 5.97 Å². The van der Waals surface area contributed by atoms with Gasteiger partial charge in [-0.25, -0.2) is 9.48 Å². The molecule has 18 heavy (non-hydrogen) atoms. The molecule has 2 rings (SSSR count). The SMILES string of the molecule is Cc1ccc(-n2cc(Cl)cn2)c(/C=C/C(=O)O)c1. The molecule has 0 aliphatic rings. The van der Waals surface area contributed by atoms with Gasteiger partial charge < -0.3 is 5.11 Å². The van der Waals surface area contributed by atoms with Gasteiger partial charge >= 0.3 is 5.97 Å². The predicted molar refractivity (Wildman–Crippen MR) is 70.0 cm³/mol. The van der Waals surface area contributed by atoms with E-state index in [1.54, 1.807) is 17.0 Å². The maximum Gasteiger partial charge on any atom is 0.328 e. The van der Waals surface area contributed by atoms with Crippen molar-refractivity contribution in [1.82, 2.24) is 9.78 Å². The number of aliphatic carboxylic acids is 1. The lowest BCUT2D eigenvalue weighted by molar-refractivity contribution is -0.131. The van der Waals surface area contributed by atoms with Crippen molar-refractivity contribution in [3.63, 3.8) is 0 Å². The van der Waals surface area contributed by atoms with Crippen molar-refractivity contribution < 1.29 is 9.90 Å². The van der Waals surface area contributed by atoms with Gasteiger partial charge in [-0.1, -0.05) is 23.2 Å². The Hall–Kier alpha value is -2.07. The molecule has 0 fully saturated rings. The number of aryl methyl sites for hydroxylation is 1. The van der Waals surface area contributed by atoms with E-state index >= 15 is 0 Å². The molecule has 0 aliphatic heterocycles. The summed E-state index contributed by atoms with van der Waals surface area (Å²) in [7, 11) is 0. The molecule has 92 valence electrons. The fourth-order valence-electron chi connectivity index (χ4n) is 1.61. The van der Waals surface area contributed by atoms with Gasteiger partial charge in [0.15, 0.2) is 0 Å². The molecule has 0 saturated heterocycles. The Morgan fingerprint density at radius 3 is 2.89 bits per heavy atom. The Bertz CT molecular complexity index is 617. The second kappa shape index (κ2) is 5.06. The van der Waals surface area contributed by atoms with Crippen LogP contribution in [-0.4, -0.2) is 20.9 Å². The number of carboxylic acid groups (broad SMARTS) is 1. The number of hydrogen-bond donors (Lipinski definition) is 1. The lowest BCUT2D eigenvalue weighted by atomic mass is 10.1. The van der Waals surface area contributed by atoms with Crippen LogP contribution in [0.1, 0.15) is 11.1 Å². The van der Waals surface area contributed by atoms with Gasteiger partial charge in [-0.15, -0.1) is 0 Å². The summed E-state index contributed by atoms with van der Waals surface area (Å²) in [6, 6.07) is 5.70. The summed E-state index contributed by atoms with van der Waals surface area (Å²) in [6.45, 7) is 1.94. The van der Waals surface area contributed by atoms with Crippen LogP contribution in [0.2, 0.25) is 5.02 Å². The first-order valence-corrected chi connectivity index (χ1v) is 5.66. The number of aromatic nitrogens is 2. The average Bonchev–Trinajstić information content (AvgIpc) is 2.73. The third kappa shape index (κ3) is 2.78. The molecule has 0 radical (unpaired) electrons. The quantitative estimate of drug-likeness (QED) is 0.866. The van der Waals surface area contributed by atoms with E-state index in [1.165, 1.54) is 6.20 Å². The summed E-state index contributed by atoms with van der Waals surface area (Å²) in [5.74, 6) is -0.985. The van der Waals surface area contributed by atoms with Crippen molar-refractivity contribution >= 4 is 23.6 Å². The topological polar surface area (TPSA) is 55.1 Å². The van der Waals surface area contributed by atoms with E-state index in [-0.39, 0.29) is 0 Å². The largest absolute Gasteiger partial charge is 0.478 e. The minimum absolute atomic E-state index is 0.531. The molecule has 1 aromatic carbocycles. The van der Waals surface area contributed by atoms with Gasteiger partial charge in [0.1, 0.15) is 0 Å². The number of nitrogens with zero attached hydrogens (tertiary/aromatic N) is 2. The monoisotopic (exact) mass is 262 g/mol. The maximum atomic E-state index is 10.6. The highest BCUT2D eigenvalue weighted by Gasteiger charge is 2.05. The number of carbonyl (C=O) groups is 1. The molecule has 0 amide bonds. The van der Waals surface area contributed by atoms with Crippen LogP contribution in [0.25, 0.3) is 11.8 Å². The van der Waals surface area contributed by atoms with Crippen LogP contribution < -0.4 is 0 Å². The highest BCUT2D eigenvalue weighted by atomic mass is 35.5. The zero-order valence-corrected chi connectivity index (χ0v) is 10.4. The number of rotatable bonds is 3. The minimum atomic E-state index is -0.985. The molecule has 0 saturated carbocycles. The normalized spacial score (nSPS) is 11.0. The molecule has 0 aliphatic carbocycles. The first kappa shape index (κ1) is 12.4. The van der Waals surface area contributed by atoms with Crippen molar-refractivity contribution in [2.45, 2.75) is 6.92 Å². The maximum absolute atomic E-state index is 10.6. The molecule has 0 bridgehead atoms. The average molecular weight is 263 g/mol. The van der Waals surface area contributed by atoms with Crippen LogP contribution in [0.5, 0.6) is 0 Å². The first-order valence-electron chi connectivity index (χ1n) is 5.28. The van der Waals surface area contributed by atoms with E-state index in [1.807, 2.05) is 25.1 Å². The fraction of sp³-hybridized carbons (Fsp3) is 0.0769. The summed E-state index contributed by atoms with van der Waals surface area (Å²) in [5, 5.41) is 13.3. The molecular formula is C13H11ClN2O2. The van der Waals surface area contributed by atoms with Crippen LogP contribution in [0.4, 0.5) is 0 Å². The Balaban J connectivity index is 2.50. The van der Waals surface area contributed by atoms with E-state index in [0.717, 1.165) is 22.9 Å². The van der Waals surface area contributed by atoms with Crippen molar-refractivity contribution in [1.29, 1.82) is 0 Å². The summed E-state index contributed by atoms with van der Waals surface area (Å²) in [5.41, 5.74) is 2.60. The van der Waals surface area contributed by atoms with Crippen molar-refractivity contribution in [3.05, 3.63) is 52.8 Å². The third-order valence-corrected chi connectivity index (χ3v) is 2.58. The highest BCUT2D eigenvalue weighted by Crippen LogP contribution is 2.19. The van der Waals surface area contributed by atoms with Gasteiger partial charge in [-0.3, -0.25) is 0 Å². The smallest absolute Gasteiger partial charge is 0.328 e. The number of hydrogen-bond acceptors (Lipinski definition) is 2. The number of carboxylic acids is 1. The van der Waals surface area contributed by atoms with Crippen LogP contribution in [0.15, 0.2) is 36.7 Å². The Morgan fingerprint density at radius 2 is 2.28 bits per heavy atom. The first-order chi connectivity index (χ1) is 8.56. The molecule has 1 aromatic heterocycles. The van der Waals surface area contributed by atoms with Crippen molar-refractivity contribution in [2.75, 3.05) is 0 Å². The van der Waals surface area contributed by atoms with Gasteiger partial charge in [0.05, 0.1) is 16.9 Å². The lowest BCUT2D eigenvalue weighted by Gasteiger charge is -2.07. The van der Waals surface area contributed by atoms with E-state index in [0.29, 0.717) is 5.02 Å². The van der Waals surface area contributed by atoms with Crippen LogP contribution in [-0.2, 0) is 4.79 Å². The standard InChI is InChI=1S/C13H11ClN2O2/c1-9-2-4-12(16-8-11(14)7-15-16)10(6-9)3-5-13(17)18/h2-8H,1H3,(H,17,18)/b5-3+. The highest BCUT2D eigenvalue weighted by molar-refractivity contribution is 6.30. The second-order valence-electron chi connectivity index (χ2n) is 3.84. The molecule has 4 nitrogen and oxygen atoms in total. The Kier molecular flexibility index (Phi) is 3.48. The van der Waals surface area contributed by atoms with Gasteiger partial charge in [-0.2, -0.15) is 5.10 Å². The van der Waals surface area contributed by atoms with Crippen molar-refractivity contribution in [2.24, 2.45) is 0 Å². The second-order valence-corrected chi connectivity index (χ2v) is 4.27. The van der Waals surface area contributed by atoms with Crippen LogP contribution in [0.3, 0.4) is 0 Å². The zero-order chi connectivity index (χ0) is 13.1. The molecule has 1 heterocycles. The van der Waals surface area contributed by atoms with Crippen LogP contribution in [0, 0.1) is 6.92 Å². The fourth-order valence-corrected chi connectivity index (χ4v) is 1.75. The number of benzene rings is 1. The summed E-state index contributed by atoms with van der Waals surface area (Å²) in [6.07, 6.45) is 5.85. The van der Waals surface area contributed by atoms with E-state index in [2.05, 4.69) is 5.10 Å². The zero-order valence-electron chi connectivity index (χ0n) is 9.67. The van der Waals surface area contributed by atoms with Gasteiger partial charge in [0.25, 0.3) is 0 Å². The lowest BCUT2D eigenvalue weighted by Crippen LogP contribution is -1.98. The molecular weight excluding hydrogens is 252 g/mol. The molecule has 1 N–H and O–H groups in total. The summed E-state index contributed by atoms with van der Waals surface area (Å²) in [4.78, 5) is 10.6. The minimum Gasteiger partial charge on any atom is -0.478 e. The van der Waals surface area contributed by atoms with E-state index in [4.69, 9.17) is 16.7 Å². The number of halogens is 1. The summed E-state index contributed by atoms with van der Waals surface area (Å²) >= 11 is 5.83. The predicted octanol–water partition coefficient (Wildman–Crippen LogP) is 2.93. The molecule has 5 heteroatoms. The van der Waals surface area contributed by atoms with Gasteiger partial charge in [-0.05, 0) is 25.1 Å². The van der Waals surface area contributed by atoms with Gasteiger partial charge in [0, 0.05) is 17.8 Å². The molecule has 0 unspecified atom stereocenters. The van der Waals surface area contributed by atoms with E-state index in [9.17, 15) is 4.79 Å².